The number of hydrogen-bond donors (Lipinski definition) is 1. The molecular formula is C15H32N2. The van der Waals surface area contributed by atoms with Gasteiger partial charge in [-0.25, -0.2) is 0 Å². The molecule has 1 aliphatic rings. The molecule has 0 aromatic rings. The van der Waals surface area contributed by atoms with E-state index in [0.717, 1.165) is 23.9 Å². The smallest absolute Gasteiger partial charge is 0.0223 e. The van der Waals surface area contributed by atoms with E-state index < -0.39 is 0 Å². The SMILES string of the molecule is CCCC1CN(CC(C)C)C(CC(C)C)CN1. The third-order valence-corrected chi connectivity index (χ3v) is 3.59. The van der Waals surface area contributed by atoms with Gasteiger partial charge in [-0.3, -0.25) is 4.90 Å². The van der Waals surface area contributed by atoms with Crippen molar-refractivity contribution in [2.24, 2.45) is 11.8 Å². The van der Waals surface area contributed by atoms with E-state index in [1.165, 1.54) is 38.9 Å². The second-order valence-corrected chi connectivity index (χ2v) is 6.52. The summed E-state index contributed by atoms with van der Waals surface area (Å²) >= 11 is 0. The molecule has 1 saturated heterocycles. The molecule has 0 aromatic heterocycles. The predicted molar refractivity (Wildman–Crippen MR) is 76.4 cm³/mol. The van der Waals surface area contributed by atoms with Crippen LogP contribution in [0.15, 0.2) is 0 Å². The van der Waals surface area contributed by atoms with Gasteiger partial charge in [0.15, 0.2) is 0 Å². The Balaban J connectivity index is 2.52. The van der Waals surface area contributed by atoms with Crippen LogP contribution in [0.25, 0.3) is 0 Å². The minimum Gasteiger partial charge on any atom is -0.311 e. The standard InChI is InChI=1S/C15H32N2/c1-6-7-14-11-17(10-13(4)5)15(9-16-14)8-12(2)3/h12-16H,6-11H2,1-5H3. The average Bonchev–Trinajstić information content (AvgIpc) is 2.21. The Morgan fingerprint density at radius 3 is 2.41 bits per heavy atom. The lowest BCUT2D eigenvalue weighted by Crippen LogP contribution is -2.57. The van der Waals surface area contributed by atoms with E-state index in [1.807, 2.05) is 0 Å². The van der Waals surface area contributed by atoms with E-state index >= 15 is 0 Å². The van der Waals surface area contributed by atoms with Crippen molar-refractivity contribution < 1.29 is 0 Å². The van der Waals surface area contributed by atoms with Gasteiger partial charge in [0, 0.05) is 31.7 Å². The van der Waals surface area contributed by atoms with E-state index in [-0.39, 0.29) is 0 Å². The summed E-state index contributed by atoms with van der Waals surface area (Å²) in [6.45, 7) is 15.3. The van der Waals surface area contributed by atoms with Crippen molar-refractivity contribution in [3.05, 3.63) is 0 Å². The van der Waals surface area contributed by atoms with E-state index in [2.05, 4.69) is 44.8 Å². The number of rotatable bonds is 6. The summed E-state index contributed by atoms with van der Waals surface area (Å²) in [7, 11) is 0. The molecule has 2 heteroatoms. The highest BCUT2D eigenvalue weighted by Gasteiger charge is 2.27. The molecule has 2 unspecified atom stereocenters. The van der Waals surface area contributed by atoms with Crippen LogP contribution in [0.3, 0.4) is 0 Å². The summed E-state index contributed by atoms with van der Waals surface area (Å²) < 4.78 is 0. The monoisotopic (exact) mass is 240 g/mol. The zero-order valence-electron chi connectivity index (χ0n) is 12.5. The minimum atomic E-state index is 0.724. The van der Waals surface area contributed by atoms with Crippen molar-refractivity contribution in [3.8, 4) is 0 Å². The molecule has 0 amide bonds. The maximum absolute atomic E-state index is 3.74. The van der Waals surface area contributed by atoms with Gasteiger partial charge in [0.25, 0.3) is 0 Å². The summed E-state index contributed by atoms with van der Waals surface area (Å²) in [5, 5.41) is 3.74. The second kappa shape index (κ2) is 7.38. The van der Waals surface area contributed by atoms with Gasteiger partial charge in [-0.2, -0.15) is 0 Å². The van der Waals surface area contributed by atoms with E-state index in [0.29, 0.717) is 0 Å². The maximum atomic E-state index is 3.74. The highest BCUT2D eigenvalue weighted by molar-refractivity contribution is 4.86. The molecule has 2 nitrogen and oxygen atoms in total. The Morgan fingerprint density at radius 2 is 1.88 bits per heavy atom. The van der Waals surface area contributed by atoms with Crippen LogP contribution in [0.5, 0.6) is 0 Å². The molecule has 0 radical (unpaired) electrons. The highest BCUT2D eigenvalue weighted by atomic mass is 15.2. The number of nitrogens with zero attached hydrogens (tertiary/aromatic N) is 1. The summed E-state index contributed by atoms with van der Waals surface area (Å²) in [6, 6.07) is 1.48. The van der Waals surface area contributed by atoms with Gasteiger partial charge in [-0.1, -0.05) is 41.0 Å². The summed E-state index contributed by atoms with van der Waals surface area (Å²) in [5.74, 6) is 1.59. The van der Waals surface area contributed by atoms with Crippen LogP contribution in [0.2, 0.25) is 0 Å². The van der Waals surface area contributed by atoms with Gasteiger partial charge in [0.2, 0.25) is 0 Å². The topological polar surface area (TPSA) is 15.3 Å². The van der Waals surface area contributed by atoms with Crippen LogP contribution < -0.4 is 5.32 Å². The van der Waals surface area contributed by atoms with Crippen LogP contribution in [0, 0.1) is 11.8 Å². The Bertz CT molecular complexity index is 201. The molecular weight excluding hydrogens is 208 g/mol. The van der Waals surface area contributed by atoms with Crippen LogP contribution in [-0.2, 0) is 0 Å². The van der Waals surface area contributed by atoms with E-state index in [4.69, 9.17) is 0 Å². The molecule has 0 bridgehead atoms. The molecule has 1 N–H and O–H groups in total. The van der Waals surface area contributed by atoms with Crippen molar-refractivity contribution in [1.82, 2.24) is 10.2 Å². The first-order valence-corrected chi connectivity index (χ1v) is 7.50. The molecule has 0 saturated carbocycles. The first-order chi connectivity index (χ1) is 8.02. The van der Waals surface area contributed by atoms with Crippen molar-refractivity contribution in [3.63, 3.8) is 0 Å². The molecule has 1 rings (SSSR count). The highest BCUT2D eigenvalue weighted by Crippen LogP contribution is 2.18. The lowest BCUT2D eigenvalue weighted by molar-refractivity contribution is 0.0983. The van der Waals surface area contributed by atoms with Gasteiger partial charge in [0.1, 0.15) is 0 Å². The lowest BCUT2D eigenvalue weighted by atomic mass is 9.96. The van der Waals surface area contributed by atoms with Crippen LogP contribution >= 0.6 is 0 Å². The fraction of sp³-hybridized carbons (Fsp3) is 1.00. The van der Waals surface area contributed by atoms with Gasteiger partial charge in [-0.15, -0.1) is 0 Å². The molecule has 0 spiro atoms. The second-order valence-electron chi connectivity index (χ2n) is 6.52. The fourth-order valence-corrected chi connectivity index (χ4v) is 2.94. The van der Waals surface area contributed by atoms with E-state index in [9.17, 15) is 0 Å². The van der Waals surface area contributed by atoms with Crippen LogP contribution in [0.4, 0.5) is 0 Å². The van der Waals surface area contributed by atoms with Gasteiger partial charge < -0.3 is 5.32 Å². The molecule has 102 valence electrons. The normalized spacial score (nSPS) is 27.0. The Hall–Kier alpha value is -0.0800. The zero-order chi connectivity index (χ0) is 12.8. The quantitative estimate of drug-likeness (QED) is 0.767. The van der Waals surface area contributed by atoms with Crippen molar-refractivity contribution in [1.29, 1.82) is 0 Å². The van der Waals surface area contributed by atoms with Gasteiger partial charge in [-0.05, 0) is 24.7 Å². The molecule has 1 heterocycles. The Labute approximate surface area is 108 Å². The van der Waals surface area contributed by atoms with Gasteiger partial charge in [0.05, 0.1) is 0 Å². The Morgan fingerprint density at radius 1 is 1.18 bits per heavy atom. The average molecular weight is 240 g/mol. The molecule has 1 aliphatic heterocycles. The first-order valence-electron chi connectivity index (χ1n) is 7.50. The largest absolute Gasteiger partial charge is 0.311 e. The van der Waals surface area contributed by atoms with Crippen molar-refractivity contribution in [2.75, 3.05) is 19.6 Å². The number of nitrogens with one attached hydrogen (secondary N) is 1. The van der Waals surface area contributed by atoms with Crippen molar-refractivity contribution >= 4 is 0 Å². The van der Waals surface area contributed by atoms with Crippen molar-refractivity contribution in [2.45, 2.75) is 66.0 Å². The predicted octanol–water partition coefficient (Wildman–Crippen LogP) is 3.13. The number of piperazine rings is 1. The van der Waals surface area contributed by atoms with Crippen LogP contribution in [0.1, 0.15) is 53.9 Å². The molecule has 17 heavy (non-hydrogen) atoms. The molecule has 0 aromatic carbocycles. The molecule has 0 aliphatic carbocycles. The van der Waals surface area contributed by atoms with Gasteiger partial charge >= 0.3 is 0 Å². The third kappa shape index (κ3) is 5.39. The molecule has 1 fully saturated rings. The third-order valence-electron chi connectivity index (χ3n) is 3.59. The lowest BCUT2D eigenvalue weighted by Gasteiger charge is -2.42. The van der Waals surface area contributed by atoms with E-state index in [1.54, 1.807) is 0 Å². The number of hydrogen-bond acceptors (Lipinski definition) is 2. The van der Waals surface area contributed by atoms with Crippen LogP contribution in [-0.4, -0.2) is 36.6 Å². The Kier molecular flexibility index (Phi) is 6.50. The minimum absolute atomic E-state index is 0.724. The fourth-order valence-electron chi connectivity index (χ4n) is 2.94. The molecule has 2 atom stereocenters. The summed E-state index contributed by atoms with van der Waals surface area (Å²) in [5.41, 5.74) is 0. The zero-order valence-corrected chi connectivity index (χ0v) is 12.5. The first kappa shape index (κ1) is 15.0. The summed E-state index contributed by atoms with van der Waals surface area (Å²) in [4.78, 5) is 2.74. The summed E-state index contributed by atoms with van der Waals surface area (Å²) in [6.07, 6.45) is 3.95. The maximum Gasteiger partial charge on any atom is 0.0223 e.